The molecule has 3 heteroatoms. The highest BCUT2D eigenvalue weighted by Crippen LogP contribution is 2.34. The van der Waals surface area contributed by atoms with Gasteiger partial charge >= 0.3 is 0 Å². The first kappa shape index (κ1) is 10.2. The average molecular weight is 235 g/mol. The fourth-order valence-electron chi connectivity index (χ4n) is 2.78. The molecule has 0 fully saturated rings. The van der Waals surface area contributed by atoms with Gasteiger partial charge in [0.05, 0.1) is 11.0 Å². The monoisotopic (exact) mass is 234 g/mol. The quantitative estimate of drug-likeness (QED) is 0.682. The van der Waals surface area contributed by atoms with Gasteiger partial charge in [-0.3, -0.25) is 0 Å². The lowest BCUT2D eigenvalue weighted by Crippen LogP contribution is -2.10. The van der Waals surface area contributed by atoms with Crippen molar-refractivity contribution in [2.45, 2.75) is 40.2 Å². The molecule has 0 N–H and O–H groups in total. The SMILES string of the molecule is Cc1c(C)c2c3c(nc(Cl)n3CCC2)c1C. The van der Waals surface area contributed by atoms with Crippen molar-refractivity contribution in [2.75, 3.05) is 0 Å². The Morgan fingerprint density at radius 1 is 1.12 bits per heavy atom. The minimum absolute atomic E-state index is 0.643. The van der Waals surface area contributed by atoms with E-state index < -0.39 is 0 Å². The molecule has 0 atom stereocenters. The number of benzene rings is 1. The maximum Gasteiger partial charge on any atom is 0.203 e. The second-order valence-electron chi connectivity index (χ2n) is 4.69. The number of halogens is 1. The maximum atomic E-state index is 6.20. The summed E-state index contributed by atoms with van der Waals surface area (Å²) in [6, 6.07) is 0. The number of imidazole rings is 1. The van der Waals surface area contributed by atoms with Gasteiger partial charge in [-0.05, 0) is 67.5 Å². The van der Waals surface area contributed by atoms with Gasteiger partial charge in [0, 0.05) is 6.54 Å². The first-order chi connectivity index (χ1) is 7.61. The molecule has 2 aromatic rings. The molecular weight excluding hydrogens is 220 g/mol. The Kier molecular flexibility index (Phi) is 2.05. The third-order valence-electron chi connectivity index (χ3n) is 3.95. The van der Waals surface area contributed by atoms with E-state index in [4.69, 9.17) is 11.6 Å². The van der Waals surface area contributed by atoms with Crippen LogP contribution < -0.4 is 0 Å². The fraction of sp³-hybridized carbons (Fsp3) is 0.462. The predicted molar refractivity (Wildman–Crippen MR) is 67.3 cm³/mol. The number of hydrogen-bond acceptors (Lipinski definition) is 1. The second-order valence-corrected chi connectivity index (χ2v) is 5.02. The Bertz CT molecular complexity index is 596. The van der Waals surface area contributed by atoms with Crippen LogP contribution in [0.5, 0.6) is 0 Å². The summed E-state index contributed by atoms with van der Waals surface area (Å²) < 4.78 is 2.16. The molecule has 16 heavy (non-hydrogen) atoms. The summed E-state index contributed by atoms with van der Waals surface area (Å²) in [6.45, 7) is 7.55. The summed E-state index contributed by atoms with van der Waals surface area (Å²) in [6.07, 6.45) is 2.33. The highest BCUT2D eigenvalue weighted by molar-refractivity contribution is 6.29. The van der Waals surface area contributed by atoms with Crippen LogP contribution in [0.4, 0.5) is 0 Å². The van der Waals surface area contributed by atoms with E-state index in [1.807, 2.05) is 0 Å². The third kappa shape index (κ3) is 1.11. The van der Waals surface area contributed by atoms with Crippen molar-refractivity contribution in [3.05, 3.63) is 27.5 Å². The van der Waals surface area contributed by atoms with E-state index in [-0.39, 0.29) is 0 Å². The first-order valence-corrected chi connectivity index (χ1v) is 6.13. The Morgan fingerprint density at radius 2 is 1.88 bits per heavy atom. The molecule has 0 spiro atoms. The number of aryl methyl sites for hydroxylation is 3. The Balaban J connectivity index is 2.57. The van der Waals surface area contributed by atoms with Crippen LogP contribution in [-0.2, 0) is 13.0 Å². The Hall–Kier alpha value is -1.02. The van der Waals surface area contributed by atoms with Crippen LogP contribution >= 0.6 is 11.6 Å². The van der Waals surface area contributed by atoms with Crippen molar-refractivity contribution in [3.63, 3.8) is 0 Å². The Labute approximate surface area is 100 Å². The van der Waals surface area contributed by atoms with E-state index in [1.54, 1.807) is 0 Å². The van der Waals surface area contributed by atoms with Crippen molar-refractivity contribution < 1.29 is 0 Å². The highest BCUT2D eigenvalue weighted by atomic mass is 35.5. The van der Waals surface area contributed by atoms with Crippen LogP contribution in [0.15, 0.2) is 0 Å². The minimum Gasteiger partial charge on any atom is -0.314 e. The van der Waals surface area contributed by atoms with Crippen LogP contribution in [0.1, 0.15) is 28.7 Å². The summed E-state index contributed by atoms with van der Waals surface area (Å²) in [5.41, 5.74) is 7.88. The molecule has 84 valence electrons. The molecule has 1 aliphatic heterocycles. The van der Waals surface area contributed by atoms with Crippen LogP contribution in [0, 0.1) is 20.8 Å². The molecule has 0 aliphatic carbocycles. The zero-order valence-electron chi connectivity index (χ0n) is 9.89. The van der Waals surface area contributed by atoms with Gasteiger partial charge < -0.3 is 4.57 Å². The highest BCUT2D eigenvalue weighted by Gasteiger charge is 2.21. The van der Waals surface area contributed by atoms with Crippen molar-refractivity contribution in [3.8, 4) is 0 Å². The van der Waals surface area contributed by atoms with E-state index >= 15 is 0 Å². The summed E-state index contributed by atoms with van der Waals surface area (Å²) in [5, 5.41) is 0.643. The lowest BCUT2D eigenvalue weighted by molar-refractivity contribution is 0.630. The van der Waals surface area contributed by atoms with Gasteiger partial charge in [0.15, 0.2) is 0 Å². The van der Waals surface area contributed by atoms with E-state index in [1.165, 1.54) is 34.2 Å². The van der Waals surface area contributed by atoms with Gasteiger partial charge in [-0.25, -0.2) is 4.98 Å². The summed E-state index contributed by atoms with van der Waals surface area (Å²) >= 11 is 6.20. The second kappa shape index (κ2) is 3.24. The van der Waals surface area contributed by atoms with E-state index in [9.17, 15) is 0 Å². The lowest BCUT2D eigenvalue weighted by Gasteiger charge is -2.20. The summed E-state index contributed by atoms with van der Waals surface area (Å²) in [7, 11) is 0. The molecule has 1 aromatic carbocycles. The van der Waals surface area contributed by atoms with Gasteiger partial charge in [-0.15, -0.1) is 0 Å². The molecule has 0 saturated heterocycles. The summed E-state index contributed by atoms with van der Waals surface area (Å²) in [5.74, 6) is 0. The first-order valence-electron chi connectivity index (χ1n) is 5.75. The van der Waals surface area contributed by atoms with Gasteiger partial charge in [0.2, 0.25) is 5.28 Å². The van der Waals surface area contributed by atoms with E-state index in [0.29, 0.717) is 5.28 Å². The number of aromatic nitrogens is 2. The predicted octanol–water partition coefficient (Wildman–Crippen LogP) is 3.56. The van der Waals surface area contributed by atoms with Crippen molar-refractivity contribution in [1.29, 1.82) is 0 Å². The van der Waals surface area contributed by atoms with Gasteiger partial charge in [-0.2, -0.15) is 0 Å². The van der Waals surface area contributed by atoms with Gasteiger partial charge in [0.25, 0.3) is 0 Å². The zero-order chi connectivity index (χ0) is 11.4. The van der Waals surface area contributed by atoms with E-state index in [2.05, 4.69) is 30.3 Å². The van der Waals surface area contributed by atoms with Crippen LogP contribution in [-0.4, -0.2) is 9.55 Å². The standard InChI is InChI=1S/C13H15ClN2/c1-7-8(2)10-5-4-6-16-12(10)11(9(7)3)15-13(16)14/h4-6H2,1-3H3. The molecule has 0 saturated carbocycles. The van der Waals surface area contributed by atoms with Crippen LogP contribution in [0.3, 0.4) is 0 Å². The molecule has 1 aromatic heterocycles. The van der Waals surface area contributed by atoms with Gasteiger partial charge in [0.1, 0.15) is 0 Å². The lowest BCUT2D eigenvalue weighted by atomic mass is 9.92. The minimum atomic E-state index is 0.643. The van der Waals surface area contributed by atoms with Crippen LogP contribution in [0.2, 0.25) is 5.28 Å². The molecule has 1 aliphatic rings. The topological polar surface area (TPSA) is 17.8 Å². The third-order valence-corrected chi connectivity index (χ3v) is 4.24. The normalized spacial score (nSPS) is 14.8. The van der Waals surface area contributed by atoms with Gasteiger partial charge in [-0.1, -0.05) is 0 Å². The summed E-state index contributed by atoms with van der Waals surface area (Å²) in [4.78, 5) is 4.51. The van der Waals surface area contributed by atoms with Crippen LogP contribution in [0.25, 0.3) is 11.0 Å². The molecular formula is C13H15ClN2. The maximum absolute atomic E-state index is 6.20. The average Bonchev–Trinajstić information content (AvgIpc) is 2.63. The smallest absolute Gasteiger partial charge is 0.203 e. The number of hydrogen-bond donors (Lipinski definition) is 0. The van der Waals surface area contributed by atoms with Crippen molar-refractivity contribution in [1.82, 2.24) is 9.55 Å². The van der Waals surface area contributed by atoms with E-state index in [0.717, 1.165) is 18.5 Å². The molecule has 0 bridgehead atoms. The Morgan fingerprint density at radius 3 is 2.62 bits per heavy atom. The molecule has 2 nitrogen and oxygen atoms in total. The fourth-order valence-corrected chi connectivity index (χ4v) is 3.03. The molecule has 2 heterocycles. The molecule has 0 unspecified atom stereocenters. The largest absolute Gasteiger partial charge is 0.314 e. The van der Waals surface area contributed by atoms with Crippen molar-refractivity contribution >= 4 is 22.6 Å². The zero-order valence-corrected chi connectivity index (χ0v) is 10.6. The molecule has 3 rings (SSSR count). The molecule has 0 amide bonds. The molecule has 0 radical (unpaired) electrons. The van der Waals surface area contributed by atoms with Crippen molar-refractivity contribution in [2.24, 2.45) is 0 Å². The number of rotatable bonds is 0. The number of nitrogens with zero attached hydrogens (tertiary/aromatic N) is 2.